The predicted octanol–water partition coefficient (Wildman–Crippen LogP) is 2.24. The van der Waals surface area contributed by atoms with Crippen LogP contribution in [0.5, 0.6) is 17.2 Å². The van der Waals surface area contributed by atoms with Gasteiger partial charge in [0.1, 0.15) is 12.4 Å². The Kier molecular flexibility index (Phi) is 7.13. The lowest BCUT2D eigenvalue weighted by Crippen LogP contribution is -2.05. The molecule has 0 atom stereocenters. The predicted molar refractivity (Wildman–Crippen MR) is 96.1 cm³/mol. The van der Waals surface area contributed by atoms with Crippen LogP contribution in [0.2, 0.25) is 0 Å². The van der Waals surface area contributed by atoms with E-state index in [-0.39, 0.29) is 18.4 Å². The third kappa shape index (κ3) is 4.42. The molecule has 0 unspecified atom stereocenters. The summed E-state index contributed by atoms with van der Waals surface area (Å²) in [5.74, 6) is 2.16. The number of methoxy groups -OCH3 is 2. The molecule has 0 aliphatic rings. The van der Waals surface area contributed by atoms with E-state index in [2.05, 4.69) is 16.5 Å². The summed E-state index contributed by atoms with van der Waals surface area (Å²) in [6.07, 6.45) is 3.78. The van der Waals surface area contributed by atoms with Crippen LogP contribution in [0.3, 0.4) is 0 Å². The van der Waals surface area contributed by atoms with Crippen LogP contribution in [0.15, 0.2) is 31.0 Å². The van der Waals surface area contributed by atoms with Gasteiger partial charge in [-0.05, 0) is 17.7 Å². The minimum atomic E-state index is 0. The van der Waals surface area contributed by atoms with Crippen LogP contribution in [-0.2, 0) is 6.42 Å². The van der Waals surface area contributed by atoms with Crippen molar-refractivity contribution < 1.29 is 14.2 Å². The molecule has 0 spiro atoms. The fourth-order valence-corrected chi connectivity index (χ4v) is 2.13. The monoisotopic (exact) mass is 352 g/mol. The highest BCUT2D eigenvalue weighted by Crippen LogP contribution is 2.39. The van der Waals surface area contributed by atoms with Gasteiger partial charge in [0.2, 0.25) is 11.7 Å². The molecule has 0 bridgehead atoms. The van der Waals surface area contributed by atoms with E-state index in [1.54, 1.807) is 26.5 Å². The highest BCUT2D eigenvalue weighted by Gasteiger charge is 2.15. The zero-order valence-electron chi connectivity index (χ0n) is 13.6. The van der Waals surface area contributed by atoms with Crippen molar-refractivity contribution >= 4 is 24.2 Å². The number of halogens is 1. The molecule has 0 aliphatic carbocycles. The summed E-state index contributed by atoms with van der Waals surface area (Å²) in [7, 11) is 3.13. The first-order valence-corrected chi connectivity index (χ1v) is 6.94. The first-order chi connectivity index (χ1) is 11.1. The van der Waals surface area contributed by atoms with E-state index < -0.39 is 0 Å². The van der Waals surface area contributed by atoms with E-state index in [1.807, 2.05) is 12.1 Å². The van der Waals surface area contributed by atoms with Crippen molar-refractivity contribution in [2.24, 2.45) is 0 Å². The van der Waals surface area contributed by atoms with Crippen LogP contribution < -0.4 is 25.7 Å². The Bertz CT molecular complexity index is 710. The van der Waals surface area contributed by atoms with Gasteiger partial charge < -0.3 is 25.7 Å². The summed E-state index contributed by atoms with van der Waals surface area (Å²) < 4.78 is 16.4. The number of nitrogens with two attached hydrogens (primary N) is 2. The molecular formula is C16H21ClN4O3. The summed E-state index contributed by atoms with van der Waals surface area (Å²) in [6, 6.07) is 3.72. The molecule has 1 heterocycles. The molecule has 8 heteroatoms. The lowest BCUT2D eigenvalue weighted by molar-refractivity contribution is 0.307. The molecule has 0 amide bonds. The zero-order chi connectivity index (χ0) is 16.8. The number of nitrogens with zero attached hydrogens (tertiary/aromatic N) is 2. The summed E-state index contributed by atoms with van der Waals surface area (Å²) >= 11 is 0. The van der Waals surface area contributed by atoms with Gasteiger partial charge in [0.25, 0.3) is 0 Å². The second-order valence-corrected chi connectivity index (χ2v) is 4.74. The van der Waals surface area contributed by atoms with Gasteiger partial charge in [0, 0.05) is 18.2 Å². The van der Waals surface area contributed by atoms with Crippen LogP contribution in [0.25, 0.3) is 0 Å². The van der Waals surface area contributed by atoms with Crippen molar-refractivity contribution in [2.45, 2.75) is 6.42 Å². The van der Waals surface area contributed by atoms with Crippen molar-refractivity contribution in [3.8, 4) is 17.2 Å². The van der Waals surface area contributed by atoms with Crippen molar-refractivity contribution in [2.75, 3.05) is 32.3 Å². The molecular weight excluding hydrogens is 332 g/mol. The average molecular weight is 353 g/mol. The third-order valence-corrected chi connectivity index (χ3v) is 3.17. The maximum Gasteiger partial charge on any atom is 0.221 e. The van der Waals surface area contributed by atoms with Gasteiger partial charge in [-0.1, -0.05) is 12.7 Å². The number of nitrogen functional groups attached to an aromatic ring is 2. The molecule has 0 radical (unpaired) electrons. The van der Waals surface area contributed by atoms with Crippen molar-refractivity contribution in [1.29, 1.82) is 0 Å². The van der Waals surface area contributed by atoms with Gasteiger partial charge in [-0.25, -0.2) is 4.98 Å². The average Bonchev–Trinajstić information content (AvgIpc) is 2.54. The molecule has 24 heavy (non-hydrogen) atoms. The number of hydrogen-bond acceptors (Lipinski definition) is 7. The summed E-state index contributed by atoms with van der Waals surface area (Å²) in [6.45, 7) is 4.00. The van der Waals surface area contributed by atoms with E-state index in [1.165, 1.54) is 0 Å². The number of hydrogen-bond donors (Lipinski definition) is 2. The molecule has 7 nitrogen and oxygen atoms in total. The van der Waals surface area contributed by atoms with Gasteiger partial charge in [-0.3, -0.25) is 0 Å². The number of ether oxygens (including phenoxy) is 3. The first-order valence-electron chi connectivity index (χ1n) is 6.94. The molecule has 4 N–H and O–H groups in total. The SMILES string of the molecule is C=CCOc1cc(Cc2cnc(N)nc2N)cc(OC)c1OC.Cl. The Morgan fingerprint density at radius 1 is 1.17 bits per heavy atom. The standard InChI is InChI=1S/C16H20N4O3.ClH/c1-4-5-23-13-8-10(7-12(21-2)14(13)22-3)6-11-9-19-16(18)20-15(11)17;/h4,7-9H,1,5-6H2,2-3H3,(H4,17,18,19,20);1H. The maximum atomic E-state index is 5.88. The lowest BCUT2D eigenvalue weighted by Gasteiger charge is -2.15. The van der Waals surface area contributed by atoms with Gasteiger partial charge in [-0.2, -0.15) is 4.98 Å². The van der Waals surface area contributed by atoms with E-state index in [4.69, 9.17) is 25.7 Å². The van der Waals surface area contributed by atoms with Crippen LogP contribution in [0.1, 0.15) is 11.1 Å². The Morgan fingerprint density at radius 2 is 1.88 bits per heavy atom. The van der Waals surface area contributed by atoms with E-state index in [0.717, 1.165) is 11.1 Å². The molecule has 0 saturated heterocycles. The van der Waals surface area contributed by atoms with Gasteiger partial charge in [-0.15, -0.1) is 12.4 Å². The van der Waals surface area contributed by atoms with E-state index in [9.17, 15) is 0 Å². The van der Waals surface area contributed by atoms with Crippen molar-refractivity contribution in [1.82, 2.24) is 9.97 Å². The molecule has 2 aromatic rings. The Morgan fingerprint density at radius 3 is 2.46 bits per heavy atom. The minimum Gasteiger partial charge on any atom is -0.493 e. The first kappa shape index (κ1) is 19.4. The summed E-state index contributed by atoms with van der Waals surface area (Å²) in [4.78, 5) is 7.93. The minimum absolute atomic E-state index is 0. The quantitative estimate of drug-likeness (QED) is 0.736. The molecule has 0 fully saturated rings. The highest BCUT2D eigenvalue weighted by molar-refractivity contribution is 5.85. The normalized spacial score (nSPS) is 9.75. The van der Waals surface area contributed by atoms with Gasteiger partial charge in [0.05, 0.1) is 14.2 Å². The fraction of sp³-hybridized carbons (Fsp3) is 0.250. The molecule has 0 aliphatic heterocycles. The molecule has 2 rings (SSSR count). The van der Waals surface area contributed by atoms with Crippen LogP contribution in [0, 0.1) is 0 Å². The van der Waals surface area contributed by atoms with Crippen molar-refractivity contribution in [3.05, 3.63) is 42.1 Å². The van der Waals surface area contributed by atoms with Crippen LogP contribution >= 0.6 is 12.4 Å². The maximum absolute atomic E-state index is 5.88. The summed E-state index contributed by atoms with van der Waals surface area (Å²) in [5.41, 5.74) is 13.1. The highest BCUT2D eigenvalue weighted by atomic mass is 35.5. The Labute approximate surface area is 147 Å². The topological polar surface area (TPSA) is 106 Å². The molecule has 130 valence electrons. The lowest BCUT2D eigenvalue weighted by atomic mass is 10.1. The van der Waals surface area contributed by atoms with Gasteiger partial charge in [0.15, 0.2) is 11.5 Å². The molecule has 1 aromatic carbocycles. The fourth-order valence-electron chi connectivity index (χ4n) is 2.13. The van der Waals surface area contributed by atoms with Crippen molar-refractivity contribution in [3.63, 3.8) is 0 Å². The molecule has 1 aromatic heterocycles. The number of benzene rings is 1. The number of anilines is 2. The largest absolute Gasteiger partial charge is 0.493 e. The van der Waals surface area contributed by atoms with E-state index in [0.29, 0.717) is 36.1 Å². The second kappa shape index (κ2) is 8.83. The van der Waals surface area contributed by atoms with Gasteiger partial charge >= 0.3 is 0 Å². The Hall–Kier alpha value is -2.67. The number of rotatable bonds is 7. The second-order valence-electron chi connectivity index (χ2n) is 4.74. The smallest absolute Gasteiger partial charge is 0.221 e. The third-order valence-electron chi connectivity index (χ3n) is 3.17. The summed E-state index contributed by atoms with van der Waals surface area (Å²) in [5, 5.41) is 0. The molecule has 0 saturated carbocycles. The Balaban J connectivity index is 0.00000288. The van der Waals surface area contributed by atoms with E-state index >= 15 is 0 Å². The zero-order valence-corrected chi connectivity index (χ0v) is 14.4. The van der Waals surface area contributed by atoms with Crippen LogP contribution in [-0.4, -0.2) is 30.8 Å². The number of aromatic nitrogens is 2. The van der Waals surface area contributed by atoms with Crippen LogP contribution in [0.4, 0.5) is 11.8 Å².